The molecule has 0 atom stereocenters. The van der Waals surface area contributed by atoms with Gasteiger partial charge >= 0.3 is 12.1 Å². The highest BCUT2D eigenvalue weighted by molar-refractivity contribution is 5.75. The van der Waals surface area contributed by atoms with Gasteiger partial charge in [0.25, 0.3) is 0 Å². The number of hydrogen-bond acceptors (Lipinski definition) is 4. The first-order valence-electron chi connectivity index (χ1n) is 5.31. The molecular weight excluding hydrogens is 270 g/mol. The van der Waals surface area contributed by atoms with Crippen LogP contribution in [-0.2, 0) is 9.63 Å². The molecule has 4 nitrogen and oxygen atoms in total. The molecule has 0 N–H and O–H groups in total. The van der Waals surface area contributed by atoms with Gasteiger partial charge in [0.2, 0.25) is 0 Å². The molecule has 8 heteroatoms. The molecule has 0 radical (unpaired) electrons. The average Bonchev–Trinajstić information content (AvgIpc) is 2.27. The maximum atomic E-state index is 12.6. The number of hydrogen-bond donors (Lipinski definition) is 0. The third-order valence-corrected chi connectivity index (χ3v) is 2.37. The largest absolute Gasteiger partial charge is 0.492 e. The summed E-state index contributed by atoms with van der Waals surface area (Å²) in [6, 6.07) is 5.21. The van der Waals surface area contributed by atoms with Gasteiger partial charge in [-0.25, -0.2) is 9.18 Å². The van der Waals surface area contributed by atoms with Crippen LogP contribution in [0.2, 0.25) is 0 Å². The molecule has 0 unspecified atom stereocenters. The van der Waals surface area contributed by atoms with E-state index >= 15 is 0 Å². The lowest BCUT2D eigenvalue weighted by atomic mass is 10.2. The maximum absolute atomic E-state index is 12.6. The van der Waals surface area contributed by atoms with Crippen LogP contribution >= 0.6 is 0 Å². The number of halogens is 4. The zero-order valence-electron chi connectivity index (χ0n) is 9.48. The Balaban J connectivity index is 1.75. The monoisotopic (exact) mass is 279 g/mol. The number of rotatable bonds is 3. The van der Waals surface area contributed by atoms with E-state index in [-0.39, 0.29) is 13.1 Å². The third-order valence-electron chi connectivity index (χ3n) is 2.37. The predicted molar refractivity (Wildman–Crippen MR) is 54.5 cm³/mol. The van der Waals surface area contributed by atoms with Crippen LogP contribution in [0.4, 0.5) is 17.6 Å². The van der Waals surface area contributed by atoms with Crippen molar-refractivity contribution in [2.24, 2.45) is 0 Å². The summed E-state index contributed by atoms with van der Waals surface area (Å²) in [6.07, 6.45) is -5.41. The highest BCUT2D eigenvalue weighted by Crippen LogP contribution is 2.22. The summed E-state index contributed by atoms with van der Waals surface area (Å²) < 4.78 is 53.6. The molecule has 0 bridgehead atoms. The first-order chi connectivity index (χ1) is 8.84. The van der Waals surface area contributed by atoms with Crippen molar-refractivity contribution >= 4 is 5.97 Å². The SMILES string of the molecule is O=C(ON1CC(Oc2ccc(F)cc2)C1)C(F)(F)F. The van der Waals surface area contributed by atoms with Crippen molar-refractivity contribution in [2.75, 3.05) is 13.1 Å². The topological polar surface area (TPSA) is 38.8 Å². The van der Waals surface area contributed by atoms with Crippen molar-refractivity contribution in [3.63, 3.8) is 0 Å². The molecule has 0 aromatic heterocycles. The Hall–Kier alpha value is -1.83. The Bertz CT molecular complexity index is 454. The van der Waals surface area contributed by atoms with Crippen LogP contribution in [0, 0.1) is 5.82 Å². The number of benzene rings is 1. The lowest BCUT2D eigenvalue weighted by Gasteiger charge is -2.36. The molecule has 1 heterocycles. The van der Waals surface area contributed by atoms with Gasteiger partial charge in [0.15, 0.2) is 0 Å². The Morgan fingerprint density at radius 1 is 1.21 bits per heavy atom. The van der Waals surface area contributed by atoms with E-state index in [0.717, 1.165) is 5.06 Å². The first kappa shape index (κ1) is 13.6. The summed E-state index contributed by atoms with van der Waals surface area (Å²) in [5.41, 5.74) is 0. The Morgan fingerprint density at radius 3 is 2.32 bits per heavy atom. The van der Waals surface area contributed by atoms with Gasteiger partial charge < -0.3 is 9.57 Å². The number of alkyl halides is 3. The van der Waals surface area contributed by atoms with Gasteiger partial charge in [-0.3, -0.25) is 0 Å². The van der Waals surface area contributed by atoms with Crippen molar-refractivity contribution in [1.82, 2.24) is 5.06 Å². The van der Waals surface area contributed by atoms with Gasteiger partial charge in [0, 0.05) is 0 Å². The summed E-state index contributed by atoms with van der Waals surface area (Å²) in [5.74, 6) is -2.28. The van der Waals surface area contributed by atoms with E-state index in [2.05, 4.69) is 4.84 Å². The summed E-state index contributed by atoms with van der Waals surface area (Å²) in [4.78, 5) is 14.6. The van der Waals surface area contributed by atoms with E-state index in [1.54, 1.807) is 0 Å². The fraction of sp³-hybridized carbons (Fsp3) is 0.364. The van der Waals surface area contributed by atoms with E-state index in [1.807, 2.05) is 0 Å². The fourth-order valence-electron chi connectivity index (χ4n) is 1.42. The molecule has 0 amide bonds. The van der Waals surface area contributed by atoms with E-state index in [4.69, 9.17) is 4.74 Å². The Labute approximate surface area is 105 Å². The van der Waals surface area contributed by atoms with E-state index in [0.29, 0.717) is 5.75 Å². The van der Waals surface area contributed by atoms with Crippen LogP contribution < -0.4 is 4.74 Å². The predicted octanol–water partition coefficient (Wildman–Crippen LogP) is 1.91. The molecule has 0 spiro atoms. The molecule has 19 heavy (non-hydrogen) atoms. The van der Waals surface area contributed by atoms with Crippen LogP contribution in [-0.4, -0.2) is 36.4 Å². The second-order valence-electron chi connectivity index (χ2n) is 3.92. The Morgan fingerprint density at radius 2 is 1.79 bits per heavy atom. The second kappa shape index (κ2) is 5.04. The standard InChI is InChI=1S/C11H9F4NO3/c12-7-1-3-8(4-2-7)18-9-5-16(6-9)19-10(17)11(13,14)15/h1-4,9H,5-6H2. The molecule has 1 aliphatic rings. The van der Waals surface area contributed by atoms with Crippen molar-refractivity contribution in [2.45, 2.75) is 12.3 Å². The highest BCUT2D eigenvalue weighted by atomic mass is 19.4. The van der Waals surface area contributed by atoms with Crippen molar-refractivity contribution in [3.8, 4) is 5.75 Å². The zero-order chi connectivity index (χ0) is 14.0. The molecule has 1 aromatic carbocycles. The van der Waals surface area contributed by atoms with Gasteiger partial charge in [-0.1, -0.05) is 0 Å². The van der Waals surface area contributed by atoms with Crippen LogP contribution in [0.3, 0.4) is 0 Å². The number of nitrogens with zero attached hydrogens (tertiary/aromatic N) is 1. The minimum Gasteiger partial charge on any atom is -0.487 e. The lowest BCUT2D eigenvalue weighted by molar-refractivity contribution is -0.262. The molecule has 1 fully saturated rings. The number of carbonyl (C=O) groups excluding carboxylic acids is 1. The van der Waals surface area contributed by atoms with Gasteiger partial charge in [-0.2, -0.15) is 13.2 Å². The van der Waals surface area contributed by atoms with Crippen LogP contribution in [0.25, 0.3) is 0 Å². The van der Waals surface area contributed by atoms with E-state index in [1.165, 1.54) is 24.3 Å². The second-order valence-corrected chi connectivity index (χ2v) is 3.92. The number of carbonyl (C=O) groups is 1. The summed E-state index contributed by atoms with van der Waals surface area (Å²) in [7, 11) is 0. The number of hydroxylamine groups is 2. The van der Waals surface area contributed by atoms with E-state index < -0.39 is 24.1 Å². The molecule has 1 aliphatic heterocycles. The molecule has 1 aromatic rings. The molecular formula is C11H9F4NO3. The summed E-state index contributed by atoms with van der Waals surface area (Å²) in [6.45, 7) is 0.0540. The smallest absolute Gasteiger partial charge is 0.487 e. The van der Waals surface area contributed by atoms with Crippen LogP contribution in [0.5, 0.6) is 5.75 Å². The fourth-order valence-corrected chi connectivity index (χ4v) is 1.42. The van der Waals surface area contributed by atoms with Gasteiger partial charge in [0.1, 0.15) is 17.7 Å². The first-order valence-corrected chi connectivity index (χ1v) is 5.31. The highest BCUT2D eigenvalue weighted by Gasteiger charge is 2.44. The molecule has 0 saturated carbocycles. The Kier molecular flexibility index (Phi) is 3.61. The van der Waals surface area contributed by atoms with Gasteiger partial charge in [-0.05, 0) is 24.3 Å². The van der Waals surface area contributed by atoms with Crippen molar-refractivity contribution in [1.29, 1.82) is 0 Å². The van der Waals surface area contributed by atoms with Crippen LogP contribution in [0.1, 0.15) is 0 Å². The zero-order valence-corrected chi connectivity index (χ0v) is 9.48. The summed E-state index contributed by atoms with van der Waals surface area (Å²) in [5, 5.41) is 0.851. The van der Waals surface area contributed by atoms with Crippen molar-refractivity contribution < 1.29 is 31.9 Å². The number of ether oxygens (including phenoxy) is 1. The molecule has 2 rings (SSSR count). The molecule has 1 saturated heterocycles. The average molecular weight is 279 g/mol. The minimum atomic E-state index is -5.01. The minimum absolute atomic E-state index is 0.0270. The summed E-state index contributed by atoms with van der Waals surface area (Å²) >= 11 is 0. The third kappa shape index (κ3) is 3.57. The lowest BCUT2D eigenvalue weighted by Crippen LogP contribution is -2.55. The van der Waals surface area contributed by atoms with E-state index in [9.17, 15) is 22.4 Å². The maximum Gasteiger partial charge on any atom is 0.492 e. The quantitative estimate of drug-likeness (QED) is 0.792. The van der Waals surface area contributed by atoms with Gasteiger partial charge in [-0.15, -0.1) is 5.06 Å². The normalized spacial score (nSPS) is 16.8. The molecule has 104 valence electrons. The van der Waals surface area contributed by atoms with Crippen molar-refractivity contribution in [3.05, 3.63) is 30.1 Å². The molecule has 0 aliphatic carbocycles. The van der Waals surface area contributed by atoms with Crippen LogP contribution in [0.15, 0.2) is 24.3 Å². The van der Waals surface area contributed by atoms with Gasteiger partial charge in [0.05, 0.1) is 13.1 Å².